The molecule has 0 spiro atoms. The predicted octanol–water partition coefficient (Wildman–Crippen LogP) is 3.97. The number of anilines is 1. The van der Waals surface area contributed by atoms with Gasteiger partial charge in [0.1, 0.15) is 5.75 Å². The van der Waals surface area contributed by atoms with Gasteiger partial charge in [0, 0.05) is 6.07 Å². The molecule has 0 heterocycles. The van der Waals surface area contributed by atoms with Crippen molar-refractivity contribution in [1.29, 1.82) is 0 Å². The molecule has 0 atom stereocenters. The van der Waals surface area contributed by atoms with Crippen molar-refractivity contribution in [1.82, 2.24) is 0 Å². The second kappa shape index (κ2) is 7.15. The summed E-state index contributed by atoms with van der Waals surface area (Å²) in [5.74, 6) is -0.306. The van der Waals surface area contributed by atoms with Gasteiger partial charge >= 0.3 is 0 Å². The molecule has 6 heteroatoms. The van der Waals surface area contributed by atoms with Gasteiger partial charge in [-0.25, -0.2) is 4.39 Å². The Morgan fingerprint density at radius 2 is 1.96 bits per heavy atom. The summed E-state index contributed by atoms with van der Waals surface area (Å²) in [6.45, 7) is 0. The minimum atomic E-state index is -0.508. The number of allylic oxidation sites excluding steroid dienone is 1. The van der Waals surface area contributed by atoms with E-state index in [1.165, 1.54) is 50.6 Å². The van der Waals surface area contributed by atoms with Crippen molar-refractivity contribution in [2.24, 2.45) is 0 Å². The largest absolute Gasteiger partial charge is 0.497 e. The number of carbonyl (C=O) groups excluding carboxylic acids is 1. The van der Waals surface area contributed by atoms with Crippen molar-refractivity contribution in [3.63, 3.8) is 0 Å². The van der Waals surface area contributed by atoms with Gasteiger partial charge in [-0.1, -0.05) is 23.7 Å². The van der Waals surface area contributed by atoms with Gasteiger partial charge in [-0.2, -0.15) is 0 Å². The van der Waals surface area contributed by atoms with E-state index in [4.69, 9.17) is 26.8 Å². The number of rotatable bonds is 5. The molecule has 0 aliphatic carbocycles. The van der Waals surface area contributed by atoms with E-state index in [9.17, 15) is 9.18 Å². The van der Waals surface area contributed by atoms with E-state index in [0.717, 1.165) is 0 Å². The molecule has 0 unspecified atom stereocenters. The molecule has 2 aromatic rings. The molecule has 2 rings (SSSR count). The summed E-state index contributed by atoms with van der Waals surface area (Å²) in [7, 11) is 2.85. The van der Waals surface area contributed by atoms with Crippen molar-refractivity contribution in [3.05, 3.63) is 58.4 Å². The van der Waals surface area contributed by atoms with Gasteiger partial charge in [0.25, 0.3) is 0 Å². The number of hydrogen-bond donors (Lipinski definition) is 1. The fourth-order valence-corrected chi connectivity index (χ4v) is 2.17. The number of ketones is 1. The monoisotopic (exact) mass is 335 g/mol. The Balaban J connectivity index is 2.28. The van der Waals surface area contributed by atoms with E-state index in [2.05, 4.69) is 0 Å². The molecule has 120 valence electrons. The second-order valence-electron chi connectivity index (χ2n) is 4.66. The minimum absolute atomic E-state index is 0.136. The third-order valence-electron chi connectivity index (χ3n) is 3.21. The second-order valence-corrected chi connectivity index (χ2v) is 5.07. The molecule has 2 N–H and O–H groups in total. The molecule has 4 nitrogen and oxygen atoms in total. The summed E-state index contributed by atoms with van der Waals surface area (Å²) in [5, 5.41) is 0.233. The molecule has 2 aromatic carbocycles. The minimum Gasteiger partial charge on any atom is -0.497 e. The number of benzene rings is 2. The Morgan fingerprint density at radius 1 is 1.22 bits per heavy atom. The number of nitrogens with two attached hydrogens (primary N) is 1. The average molecular weight is 336 g/mol. The lowest BCUT2D eigenvalue weighted by atomic mass is 10.1. The Labute approximate surface area is 138 Å². The smallest absolute Gasteiger partial charge is 0.188 e. The van der Waals surface area contributed by atoms with Crippen LogP contribution in [0.1, 0.15) is 15.9 Å². The summed E-state index contributed by atoms with van der Waals surface area (Å²) in [4.78, 5) is 12.3. The highest BCUT2D eigenvalue weighted by atomic mass is 35.5. The van der Waals surface area contributed by atoms with Crippen LogP contribution >= 0.6 is 11.6 Å². The zero-order valence-electron chi connectivity index (χ0n) is 12.6. The molecule has 0 saturated heterocycles. The highest BCUT2D eigenvalue weighted by molar-refractivity contribution is 6.34. The number of halogens is 2. The molecule has 0 saturated carbocycles. The Morgan fingerprint density at radius 3 is 2.57 bits per heavy atom. The van der Waals surface area contributed by atoms with Crippen LogP contribution in [0.15, 0.2) is 36.4 Å². The normalized spacial score (nSPS) is 10.8. The van der Waals surface area contributed by atoms with Crippen LogP contribution in [0.3, 0.4) is 0 Å². The van der Waals surface area contributed by atoms with Crippen molar-refractivity contribution >= 4 is 29.1 Å². The van der Waals surface area contributed by atoms with Crippen LogP contribution in [0, 0.1) is 5.82 Å². The van der Waals surface area contributed by atoms with Crippen LogP contribution in [-0.2, 0) is 0 Å². The molecule has 0 aliphatic rings. The fourth-order valence-electron chi connectivity index (χ4n) is 1.96. The number of nitrogen functional groups attached to an aromatic ring is 1. The lowest BCUT2D eigenvalue weighted by molar-refractivity contribution is 0.104. The highest BCUT2D eigenvalue weighted by Crippen LogP contribution is 2.29. The predicted molar refractivity (Wildman–Crippen MR) is 88.7 cm³/mol. The standard InChI is InChI=1S/C17H15ClFNO3/c1-22-11-8-12(17(20)13(18)9-11)15(21)5-3-10-4-6-16(23-2)14(19)7-10/h3-9H,20H2,1-2H3/b5-3+. The lowest BCUT2D eigenvalue weighted by Gasteiger charge is -2.07. The maximum Gasteiger partial charge on any atom is 0.188 e. The SMILES string of the molecule is COc1cc(Cl)c(N)c(C(=O)/C=C/c2ccc(OC)c(F)c2)c1. The summed E-state index contributed by atoms with van der Waals surface area (Å²) >= 11 is 5.97. The van der Waals surface area contributed by atoms with Crippen LogP contribution in [-0.4, -0.2) is 20.0 Å². The summed E-state index contributed by atoms with van der Waals surface area (Å²) in [6.07, 6.45) is 2.78. The van der Waals surface area contributed by atoms with Gasteiger partial charge in [-0.05, 0) is 29.8 Å². The van der Waals surface area contributed by atoms with Crippen LogP contribution in [0.2, 0.25) is 5.02 Å². The first-order valence-corrected chi connectivity index (χ1v) is 7.03. The number of carbonyl (C=O) groups is 1. The first-order valence-electron chi connectivity index (χ1n) is 6.65. The Hall–Kier alpha value is -2.53. The molecule has 23 heavy (non-hydrogen) atoms. The van der Waals surface area contributed by atoms with Gasteiger partial charge in [-0.15, -0.1) is 0 Å². The first-order chi connectivity index (χ1) is 11.0. The van der Waals surface area contributed by atoms with Crippen molar-refractivity contribution in [2.75, 3.05) is 20.0 Å². The maximum atomic E-state index is 13.6. The molecular weight excluding hydrogens is 321 g/mol. The van der Waals surface area contributed by atoms with E-state index < -0.39 is 5.82 Å². The van der Waals surface area contributed by atoms with Gasteiger partial charge in [0.2, 0.25) is 0 Å². The first kappa shape index (κ1) is 16.8. The molecule has 0 amide bonds. The highest BCUT2D eigenvalue weighted by Gasteiger charge is 2.12. The van der Waals surface area contributed by atoms with Crippen LogP contribution in [0.25, 0.3) is 6.08 Å². The number of methoxy groups -OCH3 is 2. The lowest BCUT2D eigenvalue weighted by Crippen LogP contribution is -2.02. The van der Waals surface area contributed by atoms with E-state index in [0.29, 0.717) is 11.3 Å². The third-order valence-corrected chi connectivity index (χ3v) is 3.52. The van der Waals surface area contributed by atoms with E-state index >= 15 is 0 Å². The molecule has 0 radical (unpaired) electrons. The molecule has 0 aliphatic heterocycles. The van der Waals surface area contributed by atoms with E-state index in [1.807, 2.05) is 0 Å². The number of hydrogen-bond acceptors (Lipinski definition) is 4. The van der Waals surface area contributed by atoms with Gasteiger partial charge < -0.3 is 15.2 Å². The average Bonchev–Trinajstić information content (AvgIpc) is 2.55. The van der Waals surface area contributed by atoms with Crippen LogP contribution in [0.4, 0.5) is 10.1 Å². The van der Waals surface area contributed by atoms with Gasteiger partial charge in [-0.3, -0.25) is 4.79 Å². The van der Waals surface area contributed by atoms with Gasteiger partial charge in [0.15, 0.2) is 17.3 Å². The third kappa shape index (κ3) is 3.81. The van der Waals surface area contributed by atoms with Gasteiger partial charge in [0.05, 0.1) is 30.5 Å². The topological polar surface area (TPSA) is 61.5 Å². The van der Waals surface area contributed by atoms with Crippen LogP contribution in [0.5, 0.6) is 11.5 Å². The van der Waals surface area contributed by atoms with Crippen molar-refractivity contribution < 1.29 is 18.7 Å². The van der Waals surface area contributed by atoms with Crippen molar-refractivity contribution in [2.45, 2.75) is 0 Å². The fraction of sp³-hybridized carbons (Fsp3) is 0.118. The Bertz CT molecular complexity index is 775. The summed E-state index contributed by atoms with van der Waals surface area (Å²) in [6, 6.07) is 7.41. The van der Waals surface area contributed by atoms with E-state index in [1.54, 1.807) is 6.07 Å². The number of ether oxygens (including phenoxy) is 2. The molecular formula is C17H15ClFNO3. The molecule has 0 aromatic heterocycles. The summed E-state index contributed by atoms with van der Waals surface area (Å²) < 4.78 is 23.5. The Kier molecular flexibility index (Phi) is 5.24. The van der Waals surface area contributed by atoms with Crippen LogP contribution < -0.4 is 15.2 Å². The maximum absolute atomic E-state index is 13.6. The van der Waals surface area contributed by atoms with Crippen molar-refractivity contribution in [3.8, 4) is 11.5 Å². The molecule has 0 bridgehead atoms. The summed E-state index contributed by atoms with van der Waals surface area (Å²) in [5.41, 5.74) is 6.73. The zero-order chi connectivity index (χ0) is 17.0. The van der Waals surface area contributed by atoms with E-state index in [-0.39, 0.29) is 27.8 Å². The zero-order valence-corrected chi connectivity index (χ0v) is 13.4. The quantitative estimate of drug-likeness (QED) is 0.510. The molecule has 0 fully saturated rings.